The van der Waals surface area contributed by atoms with Gasteiger partial charge in [-0.3, -0.25) is 4.98 Å². The monoisotopic (exact) mass is 476 g/mol. The van der Waals surface area contributed by atoms with Crippen molar-refractivity contribution in [3.8, 4) is 5.75 Å². The lowest BCUT2D eigenvalue weighted by Gasteiger charge is -2.34. The molecule has 0 saturated carbocycles. The van der Waals surface area contributed by atoms with Gasteiger partial charge in [0.2, 0.25) is 5.95 Å². The van der Waals surface area contributed by atoms with E-state index in [2.05, 4.69) is 71.8 Å². The molecule has 4 rings (SSSR count). The third-order valence-electron chi connectivity index (χ3n) is 4.74. The SMILES string of the molecule is COc1cc(N2CCN(C)CC2)ccc1Nc1ncc2cncc(I)c2n1. The van der Waals surface area contributed by atoms with Gasteiger partial charge in [-0.25, -0.2) is 9.97 Å². The summed E-state index contributed by atoms with van der Waals surface area (Å²) < 4.78 is 6.61. The van der Waals surface area contributed by atoms with Gasteiger partial charge in [0.1, 0.15) is 5.75 Å². The number of rotatable bonds is 4. The highest BCUT2D eigenvalue weighted by atomic mass is 127. The number of anilines is 3. The number of likely N-dealkylation sites (N-methyl/N-ethyl adjacent to an activating group) is 1. The van der Waals surface area contributed by atoms with Crippen molar-refractivity contribution in [3.05, 3.63) is 40.4 Å². The summed E-state index contributed by atoms with van der Waals surface area (Å²) in [5.74, 6) is 1.32. The predicted octanol–water partition coefficient (Wildman–Crippen LogP) is 3.13. The van der Waals surface area contributed by atoms with Crippen LogP contribution in [0.1, 0.15) is 0 Å². The molecule has 1 fully saturated rings. The molecular weight excluding hydrogens is 455 g/mol. The fourth-order valence-electron chi connectivity index (χ4n) is 3.15. The molecule has 0 unspecified atom stereocenters. The number of hydrogen-bond donors (Lipinski definition) is 1. The minimum absolute atomic E-state index is 0.539. The molecule has 7 nitrogen and oxygen atoms in total. The highest BCUT2D eigenvalue weighted by Gasteiger charge is 2.16. The van der Waals surface area contributed by atoms with E-state index in [1.54, 1.807) is 25.7 Å². The first-order valence-electron chi connectivity index (χ1n) is 8.79. The van der Waals surface area contributed by atoms with E-state index in [0.717, 1.165) is 52.1 Å². The first-order chi connectivity index (χ1) is 13.1. The van der Waals surface area contributed by atoms with Crippen molar-refractivity contribution in [1.29, 1.82) is 0 Å². The molecule has 1 aliphatic rings. The summed E-state index contributed by atoms with van der Waals surface area (Å²) in [5, 5.41) is 4.20. The van der Waals surface area contributed by atoms with E-state index in [1.807, 2.05) is 6.07 Å². The first kappa shape index (κ1) is 18.2. The molecule has 0 radical (unpaired) electrons. The molecule has 0 atom stereocenters. The summed E-state index contributed by atoms with van der Waals surface area (Å²) in [5.41, 5.74) is 2.90. The lowest BCUT2D eigenvalue weighted by Crippen LogP contribution is -2.44. The molecule has 0 amide bonds. The molecule has 140 valence electrons. The van der Waals surface area contributed by atoms with Crippen molar-refractivity contribution < 1.29 is 4.74 Å². The summed E-state index contributed by atoms with van der Waals surface area (Å²) in [4.78, 5) is 17.9. The van der Waals surface area contributed by atoms with Gasteiger partial charge in [0.05, 0.1) is 21.9 Å². The summed E-state index contributed by atoms with van der Waals surface area (Å²) >= 11 is 2.24. The topological polar surface area (TPSA) is 66.4 Å². The normalized spacial score (nSPS) is 15.1. The maximum absolute atomic E-state index is 5.61. The number of nitrogens with one attached hydrogen (secondary N) is 1. The Bertz CT molecular complexity index is 958. The van der Waals surface area contributed by atoms with E-state index in [1.165, 1.54) is 5.69 Å². The zero-order chi connectivity index (χ0) is 18.8. The van der Waals surface area contributed by atoms with Crippen LogP contribution in [0, 0.1) is 3.57 Å². The van der Waals surface area contributed by atoms with Gasteiger partial charge >= 0.3 is 0 Å². The average Bonchev–Trinajstić information content (AvgIpc) is 2.69. The average molecular weight is 476 g/mol. The maximum Gasteiger partial charge on any atom is 0.227 e. The van der Waals surface area contributed by atoms with Gasteiger partial charge in [0, 0.05) is 61.9 Å². The van der Waals surface area contributed by atoms with E-state index in [9.17, 15) is 0 Å². The first-order valence-corrected chi connectivity index (χ1v) is 9.87. The minimum Gasteiger partial charge on any atom is -0.494 e. The Morgan fingerprint density at radius 1 is 1.11 bits per heavy atom. The maximum atomic E-state index is 5.61. The Morgan fingerprint density at radius 3 is 2.70 bits per heavy atom. The molecule has 3 heterocycles. The van der Waals surface area contributed by atoms with Crippen LogP contribution in [0.15, 0.2) is 36.8 Å². The van der Waals surface area contributed by atoms with Crippen LogP contribution < -0.4 is 15.0 Å². The van der Waals surface area contributed by atoms with E-state index >= 15 is 0 Å². The molecule has 8 heteroatoms. The second-order valence-electron chi connectivity index (χ2n) is 6.55. The van der Waals surface area contributed by atoms with Crippen molar-refractivity contribution in [2.75, 3.05) is 50.6 Å². The summed E-state index contributed by atoms with van der Waals surface area (Å²) in [6, 6.07) is 6.21. The second-order valence-corrected chi connectivity index (χ2v) is 7.71. The van der Waals surface area contributed by atoms with Gasteiger partial charge in [-0.15, -0.1) is 0 Å². The number of hydrogen-bond acceptors (Lipinski definition) is 7. The van der Waals surface area contributed by atoms with Gasteiger partial charge in [0.15, 0.2) is 0 Å². The number of halogens is 1. The molecular formula is C19H21IN6O. The number of benzene rings is 1. The van der Waals surface area contributed by atoms with Gasteiger partial charge < -0.3 is 19.9 Å². The van der Waals surface area contributed by atoms with E-state index < -0.39 is 0 Å². The number of fused-ring (bicyclic) bond motifs is 1. The van der Waals surface area contributed by atoms with Crippen LogP contribution >= 0.6 is 22.6 Å². The van der Waals surface area contributed by atoms with Gasteiger partial charge in [-0.2, -0.15) is 0 Å². The number of methoxy groups -OCH3 is 1. The van der Waals surface area contributed by atoms with E-state index in [0.29, 0.717) is 5.95 Å². The standard InChI is InChI=1S/C19H21IN6O/c1-25-5-7-26(8-6-25)14-3-4-16(17(9-14)27-2)23-19-22-11-13-10-21-12-15(20)18(13)24-19/h3-4,9-12H,5-8H2,1-2H3,(H,22,23,24). The number of piperazine rings is 1. The number of nitrogens with zero attached hydrogens (tertiary/aromatic N) is 5. The fourth-order valence-corrected chi connectivity index (χ4v) is 3.74. The van der Waals surface area contributed by atoms with Crippen molar-refractivity contribution in [2.45, 2.75) is 0 Å². The van der Waals surface area contributed by atoms with Crippen LogP contribution in [0.4, 0.5) is 17.3 Å². The summed E-state index contributed by atoms with van der Waals surface area (Å²) in [6.45, 7) is 4.18. The van der Waals surface area contributed by atoms with Gasteiger partial charge in [-0.1, -0.05) is 0 Å². The van der Waals surface area contributed by atoms with Crippen LogP contribution in [0.25, 0.3) is 10.9 Å². The molecule has 1 N–H and O–H groups in total. The quantitative estimate of drug-likeness (QED) is 0.581. The third kappa shape index (κ3) is 3.91. The van der Waals surface area contributed by atoms with E-state index in [-0.39, 0.29) is 0 Å². The molecule has 1 aliphatic heterocycles. The molecule has 2 aromatic heterocycles. The van der Waals surface area contributed by atoms with Gasteiger partial charge in [-0.05, 0) is 41.8 Å². The van der Waals surface area contributed by atoms with Crippen molar-refractivity contribution in [2.24, 2.45) is 0 Å². The number of aromatic nitrogens is 3. The van der Waals surface area contributed by atoms with Crippen molar-refractivity contribution in [1.82, 2.24) is 19.9 Å². The highest BCUT2D eigenvalue weighted by Crippen LogP contribution is 2.32. The van der Waals surface area contributed by atoms with Crippen molar-refractivity contribution in [3.63, 3.8) is 0 Å². The van der Waals surface area contributed by atoms with E-state index in [4.69, 9.17) is 4.74 Å². The third-order valence-corrected chi connectivity index (χ3v) is 5.53. The molecule has 1 aromatic carbocycles. The summed E-state index contributed by atoms with van der Waals surface area (Å²) in [7, 11) is 3.84. The second kappa shape index (κ2) is 7.81. The zero-order valence-electron chi connectivity index (χ0n) is 15.3. The smallest absolute Gasteiger partial charge is 0.227 e. The molecule has 0 aliphatic carbocycles. The van der Waals surface area contributed by atoms with Crippen LogP contribution in [0.5, 0.6) is 5.75 Å². The Morgan fingerprint density at radius 2 is 1.93 bits per heavy atom. The Balaban J connectivity index is 1.59. The van der Waals surface area contributed by atoms with Crippen LogP contribution in [-0.4, -0.2) is 60.2 Å². The lowest BCUT2D eigenvalue weighted by molar-refractivity contribution is 0.312. The molecule has 3 aromatic rings. The Labute approximate surface area is 171 Å². The molecule has 27 heavy (non-hydrogen) atoms. The minimum atomic E-state index is 0.539. The highest BCUT2D eigenvalue weighted by molar-refractivity contribution is 14.1. The molecule has 0 bridgehead atoms. The molecule has 1 saturated heterocycles. The zero-order valence-corrected chi connectivity index (χ0v) is 17.5. The summed E-state index contributed by atoms with van der Waals surface area (Å²) in [6.07, 6.45) is 5.35. The molecule has 0 spiro atoms. The number of ether oxygens (including phenoxy) is 1. The van der Waals surface area contributed by atoms with Crippen molar-refractivity contribution >= 4 is 50.8 Å². The lowest BCUT2D eigenvalue weighted by atomic mass is 10.2. The predicted molar refractivity (Wildman–Crippen MR) is 116 cm³/mol. The van der Waals surface area contributed by atoms with Crippen LogP contribution in [-0.2, 0) is 0 Å². The van der Waals surface area contributed by atoms with Crippen LogP contribution in [0.3, 0.4) is 0 Å². The fraction of sp³-hybridized carbons (Fsp3) is 0.316. The Hall–Kier alpha value is -2.20. The van der Waals surface area contributed by atoms with Gasteiger partial charge in [0.25, 0.3) is 0 Å². The largest absolute Gasteiger partial charge is 0.494 e. The Kier molecular flexibility index (Phi) is 5.26. The van der Waals surface area contributed by atoms with Crippen LogP contribution in [0.2, 0.25) is 0 Å². The number of pyridine rings is 1.